The van der Waals surface area contributed by atoms with Crippen LogP contribution in [0.3, 0.4) is 0 Å². The van der Waals surface area contributed by atoms with E-state index >= 15 is 0 Å². The minimum absolute atomic E-state index is 0.207. The standard InChI is InChI=1S/C14H22N2O3S/c1-5-8-15-14(17)12(4)16-20(18,19)13-7-6-10(2)9-11(13)3/h6-7,9,12,16H,5,8H2,1-4H3,(H,15,17)/t12-/m0/s1. The first kappa shape index (κ1) is 16.7. The molecule has 0 fully saturated rings. The number of hydrogen-bond acceptors (Lipinski definition) is 3. The summed E-state index contributed by atoms with van der Waals surface area (Å²) >= 11 is 0. The van der Waals surface area contributed by atoms with Crippen LogP contribution in [-0.4, -0.2) is 26.9 Å². The lowest BCUT2D eigenvalue weighted by Gasteiger charge is -2.15. The van der Waals surface area contributed by atoms with E-state index < -0.39 is 16.1 Å². The van der Waals surface area contributed by atoms with Gasteiger partial charge in [0.25, 0.3) is 0 Å². The van der Waals surface area contributed by atoms with Gasteiger partial charge >= 0.3 is 0 Å². The highest BCUT2D eigenvalue weighted by molar-refractivity contribution is 7.89. The number of benzene rings is 1. The molecule has 0 aromatic heterocycles. The largest absolute Gasteiger partial charge is 0.355 e. The Bertz CT molecular complexity index is 582. The number of rotatable bonds is 6. The molecular formula is C14H22N2O3S. The number of hydrogen-bond donors (Lipinski definition) is 2. The van der Waals surface area contributed by atoms with Gasteiger partial charge in [-0.25, -0.2) is 8.42 Å². The van der Waals surface area contributed by atoms with Crippen LogP contribution in [0.15, 0.2) is 23.1 Å². The minimum atomic E-state index is -3.69. The van der Waals surface area contributed by atoms with Crippen LogP contribution >= 0.6 is 0 Å². The van der Waals surface area contributed by atoms with Gasteiger partial charge in [0.2, 0.25) is 15.9 Å². The first-order valence-corrected chi connectivity index (χ1v) is 8.13. The number of amides is 1. The molecule has 0 bridgehead atoms. The first-order chi connectivity index (χ1) is 9.27. The van der Waals surface area contributed by atoms with Crippen molar-refractivity contribution in [3.63, 3.8) is 0 Å². The molecule has 0 aliphatic rings. The van der Waals surface area contributed by atoms with Gasteiger partial charge in [-0.1, -0.05) is 24.6 Å². The van der Waals surface area contributed by atoms with Gasteiger partial charge in [-0.05, 0) is 38.8 Å². The molecule has 0 radical (unpaired) electrons. The van der Waals surface area contributed by atoms with Gasteiger partial charge in [0.05, 0.1) is 10.9 Å². The SMILES string of the molecule is CCCNC(=O)[C@H](C)NS(=O)(=O)c1ccc(C)cc1C. The van der Waals surface area contributed by atoms with Crippen LogP contribution in [0.5, 0.6) is 0 Å². The van der Waals surface area contributed by atoms with E-state index in [1.165, 1.54) is 6.92 Å². The van der Waals surface area contributed by atoms with Gasteiger partial charge in [0.15, 0.2) is 0 Å². The number of sulfonamides is 1. The molecule has 20 heavy (non-hydrogen) atoms. The van der Waals surface area contributed by atoms with Crippen molar-refractivity contribution in [1.29, 1.82) is 0 Å². The third kappa shape index (κ3) is 4.31. The number of carbonyl (C=O) groups excluding carboxylic acids is 1. The molecule has 0 aliphatic heterocycles. The topological polar surface area (TPSA) is 75.3 Å². The molecule has 6 heteroatoms. The summed E-state index contributed by atoms with van der Waals surface area (Å²) in [5.41, 5.74) is 1.66. The molecule has 112 valence electrons. The fourth-order valence-electron chi connectivity index (χ4n) is 1.85. The summed E-state index contributed by atoms with van der Waals surface area (Å²) in [4.78, 5) is 11.9. The molecule has 0 saturated carbocycles. The molecule has 0 saturated heterocycles. The second kappa shape index (κ2) is 6.85. The number of carbonyl (C=O) groups is 1. The molecule has 0 unspecified atom stereocenters. The summed E-state index contributed by atoms with van der Waals surface area (Å²) in [6.07, 6.45) is 0.808. The van der Waals surface area contributed by atoms with E-state index in [1.54, 1.807) is 25.1 Å². The van der Waals surface area contributed by atoms with Crippen LogP contribution in [0, 0.1) is 13.8 Å². The lowest BCUT2D eigenvalue weighted by Crippen LogP contribution is -2.45. The molecule has 1 atom stereocenters. The fourth-order valence-corrected chi connectivity index (χ4v) is 3.28. The Labute approximate surface area is 120 Å². The van der Waals surface area contributed by atoms with E-state index in [0.717, 1.165) is 12.0 Å². The predicted molar refractivity (Wildman–Crippen MR) is 79.0 cm³/mol. The van der Waals surface area contributed by atoms with Crippen LogP contribution in [0.4, 0.5) is 0 Å². The lowest BCUT2D eigenvalue weighted by atomic mass is 10.2. The zero-order chi connectivity index (χ0) is 15.3. The van der Waals surface area contributed by atoms with Crippen molar-refractivity contribution in [3.8, 4) is 0 Å². The van der Waals surface area contributed by atoms with Gasteiger partial charge in [0, 0.05) is 6.54 Å². The summed E-state index contributed by atoms with van der Waals surface area (Å²) in [5.74, 6) is -0.319. The highest BCUT2D eigenvalue weighted by Gasteiger charge is 2.23. The highest BCUT2D eigenvalue weighted by atomic mass is 32.2. The van der Waals surface area contributed by atoms with Gasteiger partial charge in [-0.15, -0.1) is 0 Å². The summed E-state index contributed by atoms with van der Waals surface area (Å²) in [6, 6.07) is 4.30. The van der Waals surface area contributed by atoms with Crippen molar-refractivity contribution in [2.75, 3.05) is 6.54 Å². The predicted octanol–water partition coefficient (Wildman–Crippen LogP) is 1.50. The molecule has 1 aromatic rings. The molecule has 2 N–H and O–H groups in total. The summed E-state index contributed by atoms with van der Waals surface area (Å²) < 4.78 is 26.9. The molecule has 0 aliphatic carbocycles. The van der Waals surface area contributed by atoms with Crippen molar-refractivity contribution >= 4 is 15.9 Å². The Balaban J connectivity index is 2.87. The fraction of sp³-hybridized carbons (Fsp3) is 0.500. The van der Waals surface area contributed by atoms with Crippen LogP contribution in [0.1, 0.15) is 31.4 Å². The van der Waals surface area contributed by atoms with Gasteiger partial charge in [-0.2, -0.15) is 4.72 Å². The third-order valence-electron chi connectivity index (χ3n) is 2.89. The zero-order valence-electron chi connectivity index (χ0n) is 12.4. The maximum Gasteiger partial charge on any atom is 0.241 e. The Morgan fingerprint density at radius 3 is 2.50 bits per heavy atom. The van der Waals surface area contributed by atoms with Crippen molar-refractivity contribution in [2.24, 2.45) is 0 Å². The molecule has 1 amide bonds. The van der Waals surface area contributed by atoms with E-state index in [0.29, 0.717) is 12.1 Å². The summed E-state index contributed by atoms with van der Waals surface area (Å²) in [7, 11) is -3.69. The second-order valence-electron chi connectivity index (χ2n) is 4.90. The Morgan fingerprint density at radius 2 is 1.95 bits per heavy atom. The monoisotopic (exact) mass is 298 g/mol. The van der Waals surface area contributed by atoms with Crippen LogP contribution in [0.2, 0.25) is 0 Å². The van der Waals surface area contributed by atoms with Crippen LogP contribution in [0.25, 0.3) is 0 Å². The van der Waals surface area contributed by atoms with Gasteiger partial charge in [0.1, 0.15) is 0 Å². The summed E-state index contributed by atoms with van der Waals surface area (Å²) in [6.45, 7) is 7.65. The average Bonchev–Trinajstić information content (AvgIpc) is 2.34. The third-order valence-corrected chi connectivity index (χ3v) is 4.60. The minimum Gasteiger partial charge on any atom is -0.355 e. The highest BCUT2D eigenvalue weighted by Crippen LogP contribution is 2.16. The molecular weight excluding hydrogens is 276 g/mol. The summed E-state index contributed by atoms with van der Waals surface area (Å²) in [5, 5.41) is 2.66. The molecule has 0 heterocycles. The molecule has 5 nitrogen and oxygen atoms in total. The van der Waals surface area contributed by atoms with Crippen molar-refractivity contribution in [2.45, 2.75) is 45.1 Å². The molecule has 0 spiro atoms. The van der Waals surface area contributed by atoms with E-state index in [-0.39, 0.29) is 10.8 Å². The normalized spacial score (nSPS) is 13.0. The second-order valence-corrected chi connectivity index (χ2v) is 6.59. The van der Waals surface area contributed by atoms with E-state index in [9.17, 15) is 13.2 Å². The van der Waals surface area contributed by atoms with Crippen LogP contribution < -0.4 is 10.0 Å². The molecule has 1 rings (SSSR count). The van der Waals surface area contributed by atoms with Crippen LogP contribution in [-0.2, 0) is 14.8 Å². The van der Waals surface area contributed by atoms with E-state index in [1.807, 2.05) is 13.8 Å². The Kier molecular flexibility index (Phi) is 5.71. The maximum absolute atomic E-state index is 12.3. The quantitative estimate of drug-likeness (QED) is 0.835. The smallest absolute Gasteiger partial charge is 0.241 e. The Morgan fingerprint density at radius 1 is 1.30 bits per heavy atom. The Hall–Kier alpha value is -1.40. The number of aryl methyl sites for hydroxylation is 2. The average molecular weight is 298 g/mol. The van der Waals surface area contributed by atoms with Gasteiger partial charge < -0.3 is 5.32 Å². The zero-order valence-corrected chi connectivity index (χ0v) is 13.2. The number of nitrogens with one attached hydrogen (secondary N) is 2. The first-order valence-electron chi connectivity index (χ1n) is 6.65. The van der Waals surface area contributed by atoms with Crippen molar-refractivity contribution in [3.05, 3.63) is 29.3 Å². The maximum atomic E-state index is 12.3. The van der Waals surface area contributed by atoms with E-state index in [2.05, 4.69) is 10.0 Å². The van der Waals surface area contributed by atoms with Gasteiger partial charge in [-0.3, -0.25) is 4.79 Å². The van der Waals surface area contributed by atoms with Crippen molar-refractivity contribution < 1.29 is 13.2 Å². The van der Waals surface area contributed by atoms with Crippen molar-refractivity contribution in [1.82, 2.24) is 10.0 Å². The lowest BCUT2D eigenvalue weighted by molar-refractivity contribution is -0.122. The van der Waals surface area contributed by atoms with E-state index in [4.69, 9.17) is 0 Å². The molecule has 1 aromatic carbocycles.